The van der Waals surface area contributed by atoms with Crippen LogP contribution in [0.2, 0.25) is 0 Å². The first kappa shape index (κ1) is 15.9. The van der Waals surface area contributed by atoms with Crippen molar-refractivity contribution in [2.24, 2.45) is 0 Å². The Labute approximate surface area is 136 Å². The van der Waals surface area contributed by atoms with Crippen LogP contribution in [0, 0.1) is 0 Å². The van der Waals surface area contributed by atoms with Crippen molar-refractivity contribution in [3.05, 3.63) is 23.9 Å². The van der Waals surface area contributed by atoms with Gasteiger partial charge in [0.25, 0.3) is 0 Å². The second-order valence-electron chi connectivity index (χ2n) is 7.10. The van der Waals surface area contributed by atoms with Crippen LogP contribution < -0.4 is 0 Å². The molecule has 0 aromatic carbocycles. The number of piperidine rings is 1. The van der Waals surface area contributed by atoms with Crippen molar-refractivity contribution in [1.29, 1.82) is 0 Å². The van der Waals surface area contributed by atoms with Gasteiger partial charge in [-0.25, -0.2) is 9.78 Å². The van der Waals surface area contributed by atoms with Gasteiger partial charge < -0.3 is 14.2 Å². The van der Waals surface area contributed by atoms with Crippen LogP contribution in [-0.4, -0.2) is 49.5 Å². The molecule has 0 saturated carbocycles. The Kier molecular flexibility index (Phi) is 4.06. The van der Waals surface area contributed by atoms with Gasteiger partial charge in [0.2, 0.25) is 0 Å². The van der Waals surface area contributed by atoms with Gasteiger partial charge in [0.05, 0.1) is 24.3 Å². The Morgan fingerprint density at radius 3 is 2.70 bits per heavy atom. The zero-order valence-corrected chi connectivity index (χ0v) is 13.9. The van der Waals surface area contributed by atoms with Crippen LogP contribution in [0.4, 0.5) is 4.79 Å². The van der Waals surface area contributed by atoms with Crippen LogP contribution in [0.1, 0.15) is 51.0 Å². The minimum Gasteiger partial charge on any atom is -0.444 e. The van der Waals surface area contributed by atoms with E-state index in [1.54, 1.807) is 11.1 Å². The highest BCUT2D eigenvalue weighted by molar-refractivity contribution is 5.68. The summed E-state index contributed by atoms with van der Waals surface area (Å²) in [7, 11) is 0. The van der Waals surface area contributed by atoms with Gasteiger partial charge in [-0.3, -0.25) is 10.3 Å². The van der Waals surface area contributed by atoms with E-state index >= 15 is 0 Å². The Morgan fingerprint density at radius 2 is 2.04 bits per heavy atom. The molecule has 0 radical (unpaired) electrons. The Balaban J connectivity index is 1.63. The minimum absolute atomic E-state index is 0.237. The van der Waals surface area contributed by atoms with Crippen LogP contribution in [0.15, 0.2) is 12.5 Å². The topological polar surface area (TPSA) is 70.8 Å². The lowest BCUT2D eigenvalue weighted by Crippen LogP contribution is -2.42. The molecule has 7 heteroatoms. The Bertz CT molecular complexity index is 609. The monoisotopic (exact) mass is 320 g/mol. The second-order valence-corrected chi connectivity index (χ2v) is 7.10. The van der Waals surface area contributed by atoms with E-state index in [1.807, 2.05) is 33.2 Å². The molecule has 1 N–H and O–H groups in total. The predicted octanol–water partition coefficient (Wildman–Crippen LogP) is 2.63. The van der Waals surface area contributed by atoms with Crippen molar-refractivity contribution >= 4 is 12.2 Å². The average Bonchev–Trinajstić information content (AvgIpc) is 2.88. The summed E-state index contributed by atoms with van der Waals surface area (Å²) in [5.74, 6) is 0. The Morgan fingerprint density at radius 1 is 1.35 bits per heavy atom. The summed E-state index contributed by atoms with van der Waals surface area (Å²) in [6.07, 6.45) is 6.88. The number of hydroxylamine groups is 2. The van der Waals surface area contributed by atoms with E-state index in [0.717, 1.165) is 29.3 Å². The molecule has 1 amide bonds. The fraction of sp³-hybridized carbons (Fsp3) is 0.625. The molecule has 7 nitrogen and oxygen atoms in total. The maximum atomic E-state index is 12.1. The average molecular weight is 320 g/mol. The standard InChI is InChI=1S/C16H24N4O3/c1-16(2,3)23-15(21)18-7-4-12(5-8-18)20-11-17-13-10-19(22)9-6-14(13)20/h6,9,11-12,22H,4-5,7-8,10H2,1-3H3. The fourth-order valence-electron chi connectivity index (χ4n) is 3.02. The SMILES string of the molecule is CC(C)(C)OC(=O)N1CCC(n2cnc3c2C=CN(O)C3)CC1. The quantitative estimate of drug-likeness (QED) is 0.861. The number of imidazole rings is 1. The predicted molar refractivity (Wildman–Crippen MR) is 84.7 cm³/mol. The highest BCUT2D eigenvalue weighted by Crippen LogP contribution is 2.28. The summed E-state index contributed by atoms with van der Waals surface area (Å²) < 4.78 is 7.59. The number of ether oxygens (including phenoxy) is 1. The highest BCUT2D eigenvalue weighted by atomic mass is 16.6. The molecule has 1 aromatic heterocycles. The molecule has 1 fully saturated rings. The summed E-state index contributed by atoms with van der Waals surface area (Å²) in [5, 5.41) is 10.6. The van der Waals surface area contributed by atoms with Crippen molar-refractivity contribution < 1.29 is 14.7 Å². The summed E-state index contributed by atoms with van der Waals surface area (Å²) in [4.78, 5) is 18.3. The lowest BCUT2D eigenvalue weighted by atomic mass is 10.0. The number of aromatic nitrogens is 2. The molecule has 2 aliphatic heterocycles. The summed E-state index contributed by atoms with van der Waals surface area (Å²) >= 11 is 0. The number of amides is 1. The molecule has 3 rings (SSSR count). The first-order valence-electron chi connectivity index (χ1n) is 8.01. The third-order valence-electron chi connectivity index (χ3n) is 4.14. The zero-order valence-electron chi connectivity index (χ0n) is 13.9. The van der Waals surface area contributed by atoms with E-state index in [-0.39, 0.29) is 6.09 Å². The molecule has 0 aliphatic carbocycles. The minimum atomic E-state index is -0.460. The van der Waals surface area contributed by atoms with Gasteiger partial charge in [0, 0.05) is 25.3 Å². The number of nitrogens with zero attached hydrogens (tertiary/aromatic N) is 4. The molecule has 0 atom stereocenters. The third-order valence-corrected chi connectivity index (χ3v) is 4.14. The molecule has 3 heterocycles. The van der Waals surface area contributed by atoms with Gasteiger partial charge in [-0.2, -0.15) is 0 Å². The van der Waals surface area contributed by atoms with Crippen LogP contribution >= 0.6 is 0 Å². The lowest BCUT2D eigenvalue weighted by Gasteiger charge is -2.34. The van der Waals surface area contributed by atoms with Crippen LogP contribution in [0.25, 0.3) is 6.08 Å². The number of hydrogen-bond donors (Lipinski definition) is 1. The smallest absolute Gasteiger partial charge is 0.410 e. The molecule has 2 aliphatic rings. The molecule has 0 bridgehead atoms. The van der Waals surface area contributed by atoms with Gasteiger partial charge in [-0.15, -0.1) is 0 Å². The summed E-state index contributed by atoms with van der Waals surface area (Å²) in [6, 6.07) is 0.319. The number of hydrogen-bond acceptors (Lipinski definition) is 5. The van der Waals surface area contributed by atoms with E-state index in [9.17, 15) is 10.0 Å². The number of carbonyl (C=O) groups is 1. The number of rotatable bonds is 1. The lowest BCUT2D eigenvalue weighted by molar-refractivity contribution is -0.0505. The van der Waals surface area contributed by atoms with Crippen molar-refractivity contribution in [2.45, 2.75) is 51.8 Å². The molecular weight excluding hydrogens is 296 g/mol. The molecule has 0 spiro atoms. The van der Waals surface area contributed by atoms with Crippen LogP contribution in [-0.2, 0) is 11.3 Å². The van der Waals surface area contributed by atoms with E-state index in [4.69, 9.17) is 4.74 Å². The number of carbonyl (C=O) groups excluding carboxylic acids is 1. The van der Waals surface area contributed by atoms with E-state index < -0.39 is 5.60 Å². The first-order chi connectivity index (χ1) is 10.8. The van der Waals surface area contributed by atoms with Gasteiger partial charge in [0.15, 0.2) is 0 Å². The van der Waals surface area contributed by atoms with Crippen molar-refractivity contribution in [3.63, 3.8) is 0 Å². The van der Waals surface area contributed by atoms with Crippen molar-refractivity contribution in [2.75, 3.05) is 13.1 Å². The van der Waals surface area contributed by atoms with Gasteiger partial charge in [-0.05, 0) is 39.7 Å². The highest BCUT2D eigenvalue weighted by Gasteiger charge is 2.29. The normalized spacial score (nSPS) is 19.0. The van der Waals surface area contributed by atoms with Gasteiger partial charge >= 0.3 is 6.09 Å². The Hall–Kier alpha value is -2.02. The number of likely N-dealkylation sites (tertiary alicyclic amines) is 1. The van der Waals surface area contributed by atoms with Gasteiger partial charge in [0.1, 0.15) is 5.60 Å². The maximum absolute atomic E-state index is 12.1. The molecular formula is C16H24N4O3. The molecule has 23 heavy (non-hydrogen) atoms. The first-order valence-corrected chi connectivity index (χ1v) is 8.01. The van der Waals surface area contributed by atoms with Crippen LogP contribution in [0.3, 0.4) is 0 Å². The van der Waals surface area contributed by atoms with E-state index in [2.05, 4.69) is 9.55 Å². The summed E-state index contributed by atoms with van der Waals surface area (Å²) in [5.41, 5.74) is 1.47. The molecule has 126 valence electrons. The maximum Gasteiger partial charge on any atom is 0.410 e. The van der Waals surface area contributed by atoms with Crippen LogP contribution in [0.5, 0.6) is 0 Å². The van der Waals surface area contributed by atoms with Crippen molar-refractivity contribution in [1.82, 2.24) is 19.5 Å². The fourth-order valence-corrected chi connectivity index (χ4v) is 3.02. The molecule has 1 saturated heterocycles. The second kappa shape index (κ2) is 5.88. The largest absolute Gasteiger partial charge is 0.444 e. The number of fused-ring (bicyclic) bond motifs is 1. The molecule has 1 aromatic rings. The van der Waals surface area contributed by atoms with E-state index in [0.29, 0.717) is 25.7 Å². The van der Waals surface area contributed by atoms with Crippen molar-refractivity contribution in [3.8, 4) is 0 Å². The zero-order chi connectivity index (χ0) is 16.6. The third kappa shape index (κ3) is 3.50. The van der Waals surface area contributed by atoms with Gasteiger partial charge in [-0.1, -0.05) is 0 Å². The van der Waals surface area contributed by atoms with E-state index in [1.165, 1.54) is 0 Å². The molecule has 0 unspecified atom stereocenters. The summed E-state index contributed by atoms with van der Waals surface area (Å²) in [6.45, 7) is 7.42.